The van der Waals surface area contributed by atoms with Gasteiger partial charge < -0.3 is 0 Å². The second-order valence-electron chi connectivity index (χ2n) is 2.70. The van der Waals surface area contributed by atoms with E-state index in [9.17, 15) is 14.5 Å². The maximum atomic E-state index is 12.8. The van der Waals surface area contributed by atoms with E-state index in [4.69, 9.17) is 5.26 Å². The maximum Gasteiger partial charge on any atom is 0.305 e. The van der Waals surface area contributed by atoms with Crippen LogP contribution in [0, 0.1) is 27.3 Å². The van der Waals surface area contributed by atoms with Gasteiger partial charge in [0, 0.05) is 12.5 Å². The van der Waals surface area contributed by atoms with Gasteiger partial charge in [0.25, 0.3) is 0 Å². The molecule has 1 aromatic rings. The van der Waals surface area contributed by atoms with Crippen LogP contribution in [0.5, 0.6) is 0 Å². The number of halogens is 1. The molecule has 1 aromatic carbocycles. The van der Waals surface area contributed by atoms with E-state index in [0.29, 0.717) is 12.0 Å². The fraction of sp³-hybridized carbons (Fsp3) is 0.222. The Bertz CT molecular complexity index is 398. The molecule has 4 nitrogen and oxygen atoms in total. The van der Waals surface area contributed by atoms with Crippen LogP contribution >= 0.6 is 0 Å². The van der Waals surface area contributed by atoms with Crippen molar-refractivity contribution in [3.8, 4) is 6.07 Å². The molecule has 0 unspecified atom stereocenters. The summed E-state index contributed by atoms with van der Waals surface area (Å²) in [4.78, 5) is 9.58. The molecule has 0 bridgehead atoms. The highest BCUT2D eigenvalue weighted by atomic mass is 19.1. The molecule has 0 aliphatic heterocycles. The van der Waals surface area contributed by atoms with Crippen molar-refractivity contribution in [2.24, 2.45) is 0 Å². The molecule has 0 aromatic heterocycles. The zero-order valence-corrected chi connectivity index (χ0v) is 7.24. The van der Waals surface area contributed by atoms with E-state index >= 15 is 0 Å². The average Bonchev–Trinajstić information content (AvgIpc) is 2.16. The summed E-state index contributed by atoms with van der Waals surface area (Å²) in [6, 6.07) is 5.57. The van der Waals surface area contributed by atoms with E-state index in [1.54, 1.807) is 0 Å². The molecule has 0 saturated carbocycles. The lowest BCUT2D eigenvalue weighted by Gasteiger charge is -1.98. The first-order chi connectivity index (χ1) is 6.65. The number of benzene rings is 1. The van der Waals surface area contributed by atoms with Crippen molar-refractivity contribution >= 4 is 5.69 Å². The van der Waals surface area contributed by atoms with Crippen LogP contribution in [0.4, 0.5) is 10.1 Å². The zero-order valence-electron chi connectivity index (χ0n) is 7.24. The van der Waals surface area contributed by atoms with Gasteiger partial charge in [-0.15, -0.1) is 0 Å². The Labute approximate surface area is 79.7 Å². The summed E-state index contributed by atoms with van der Waals surface area (Å²) in [6.07, 6.45) is 0.667. The van der Waals surface area contributed by atoms with Crippen LogP contribution in [0.1, 0.15) is 12.0 Å². The summed E-state index contributed by atoms with van der Waals surface area (Å²) in [6.45, 7) is 0. The van der Waals surface area contributed by atoms with E-state index in [1.807, 2.05) is 6.07 Å². The van der Waals surface area contributed by atoms with Gasteiger partial charge in [0.15, 0.2) is 0 Å². The molecule has 0 spiro atoms. The Morgan fingerprint density at radius 1 is 1.57 bits per heavy atom. The van der Waals surface area contributed by atoms with Crippen LogP contribution in [0.25, 0.3) is 0 Å². The zero-order chi connectivity index (χ0) is 10.6. The highest BCUT2D eigenvalue weighted by molar-refractivity contribution is 5.36. The van der Waals surface area contributed by atoms with Crippen LogP contribution in [0.15, 0.2) is 18.2 Å². The predicted octanol–water partition coefficient (Wildman–Crippen LogP) is 2.19. The third-order valence-corrected chi connectivity index (χ3v) is 1.73. The Morgan fingerprint density at radius 2 is 2.29 bits per heavy atom. The number of rotatable bonds is 3. The van der Waals surface area contributed by atoms with Crippen molar-refractivity contribution in [2.75, 3.05) is 0 Å². The van der Waals surface area contributed by atoms with E-state index in [1.165, 1.54) is 6.07 Å². The highest BCUT2D eigenvalue weighted by Crippen LogP contribution is 2.19. The van der Waals surface area contributed by atoms with Gasteiger partial charge in [0.1, 0.15) is 0 Å². The summed E-state index contributed by atoms with van der Waals surface area (Å²) in [5.74, 6) is -0.851. The standard InChI is InChI=1S/C9H7FN2O2/c10-8-4-3-7(2-1-5-11)6-9(8)12(13)14/h3-4,6H,1-2H2. The molecule has 0 amide bonds. The van der Waals surface area contributed by atoms with Crippen molar-refractivity contribution in [3.63, 3.8) is 0 Å². The van der Waals surface area contributed by atoms with Crippen molar-refractivity contribution in [2.45, 2.75) is 12.8 Å². The van der Waals surface area contributed by atoms with Crippen LogP contribution in [-0.4, -0.2) is 4.92 Å². The molecule has 1 rings (SSSR count). The fourth-order valence-electron chi connectivity index (χ4n) is 1.05. The van der Waals surface area contributed by atoms with Gasteiger partial charge in [-0.1, -0.05) is 6.07 Å². The molecule has 0 heterocycles. The summed E-state index contributed by atoms with van der Waals surface area (Å²) in [5, 5.41) is 18.7. The molecule has 0 aliphatic carbocycles. The lowest BCUT2D eigenvalue weighted by atomic mass is 10.1. The third kappa shape index (κ3) is 2.26. The van der Waals surface area contributed by atoms with Gasteiger partial charge in [-0.25, -0.2) is 0 Å². The van der Waals surface area contributed by atoms with Crippen molar-refractivity contribution < 1.29 is 9.31 Å². The average molecular weight is 194 g/mol. The van der Waals surface area contributed by atoms with Gasteiger partial charge in [0.2, 0.25) is 5.82 Å². The first-order valence-corrected chi connectivity index (χ1v) is 3.95. The molecular weight excluding hydrogens is 187 g/mol. The number of hydrogen-bond acceptors (Lipinski definition) is 3. The number of nitriles is 1. The molecule has 0 atom stereocenters. The first-order valence-electron chi connectivity index (χ1n) is 3.95. The van der Waals surface area contributed by atoms with E-state index in [-0.39, 0.29) is 6.42 Å². The number of hydrogen-bond donors (Lipinski definition) is 0. The van der Waals surface area contributed by atoms with Crippen LogP contribution in [-0.2, 0) is 6.42 Å². The minimum absolute atomic E-state index is 0.267. The summed E-state index contributed by atoms with van der Waals surface area (Å²) in [5.41, 5.74) is 0.0556. The van der Waals surface area contributed by atoms with Crippen molar-refractivity contribution in [3.05, 3.63) is 39.7 Å². The summed E-state index contributed by atoms with van der Waals surface area (Å²) >= 11 is 0. The minimum Gasteiger partial charge on any atom is -0.258 e. The van der Waals surface area contributed by atoms with Crippen molar-refractivity contribution in [1.82, 2.24) is 0 Å². The number of nitro benzene ring substituents is 1. The van der Waals surface area contributed by atoms with E-state index < -0.39 is 16.4 Å². The largest absolute Gasteiger partial charge is 0.305 e. The second kappa shape index (κ2) is 4.33. The lowest BCUT2D eigenvalue weighted by molar-refractivity contribution is -0.387. The van der Waals surface area contributed by atoms with Crippen molar-refractivity contribution in [1.29, 1.82) is 5.26 Å². The van der Waals surface area contributed by atoms with E-state index in [0.717, 1.165) is 12.1 Å². The summed E-state index contributed by atoms with van der Waals surface area (Å²) < 4.78 is 12.8. The quantitative estimate of drug-likeness (QED) is 0.547. The van der Waals surface area contributed by atoms with Gasteiger partial charge in [-0.05, 0) is 18.1 Å². The SMILES string of the molecule is N#CCCc1ccc(F)c([N+](=O)[O-])c1. The number of nitro groups is 1. The van der Waals surface area contributed by atoms with Crippen LogP contribution in [0.3, 0.4) is 0 Å². The lowest BCUT2D eigenvalue weighted by Crippen LogP contribution is -1.94. The smallest absolute Gasteiger partial charge is 0.258 e. The molecule has 0 N–H and O–H groups in total. The molecule has 0 aliphatic rings. The predicted molar refractivity (Wildman–Crippen MR) is 47.0 cm³/mol. The van der Waals surface area contributed by atoms with E-state index in [2.05, 4.69) is 0 Å². The third-order valence-electron chi connectivity index (χ3n) is 1.73. The maximum absolute atomic E-state index is 12.8. The first kappa shape index (κ1) is 10.1. The molecule has 0 fully saturated rings. The summed E-state index contributed by atoms with van der Waals surface area (Å²) in [7, 11) is 0. The van der Waals surface area contributed by atoms with Gasteiger partial charge in [-0.2, -0.15) is 9.65 Å². The normalized spacial score (nSPS) is 9.43. The Morgan fingerprint density at radius 3 is 2.86 bits per heavy atom. The monoisotopic (exact) mass is 194 g/mol. The molecule has 0 radical (unpaired) electrons. The molecule has 14 heavy (non-hydrogen) atoms. The van der Waals surface area contributed by atoms with Gasteiger partial charge >= 0.3 is 5.69 Å². The topological polar surface area (TPSA) is 66.9 Å². The van der Waals surface area contributed by atoms with Gasteiger partial charge in [-0.3, -0.25) is 10.1 Å². The van der Waals surface area contributed by atoms with Gasteiger partial charge in [0.05, 0.1) is 11.0 Å². The number of nitrogens with zero attached hydrogens (tertiary/aromatic N) is 2. The molecule has 5 heteroatoms. The molecule has 0 saturated heterocycles. The Balaban J connectivity index is 2.96. The highest BCUT2D eigenvalue weighted by Gasteiger charge is 2.13. The minimum atomic E-state index is -0.851. The second-order valence-corrected chi connectivity index (χ2v) is 2.70. The van der Waals surface area contributed by atoms with Crippen LogP contribution in [0.2, 0.25) is 0 Å². The van der Waals surface area contributed by atoms with Crippen LogP contribution < -0.4 is 0 Å². The molecular formula is C9H7FN2O2. The number of aryl methyl sites for hydroxylation is 1. The Hall–Kier alpha value is -1.96. The molecule has 72 valence electrons. The Kier molecular flexibility index (Phi) is 3.13. The fourth-order valence-corrected chi connectivity index (χ4v) is 1.05.